The van der Waals surface area contributed by atoms with E-state index in [1.165, 1.54) is 10.9 Å². The third-order valence-electron chi connectivity index (χ3n) is 2.52. The largest absolute Gasteiger partial charge is 0.398 e. The van der Waals surface area contributed by atoms with Crippen LogP contribution in [0.15, 0.2) is 40.6 Å². The number of ether oxygens (including phenoxy) is 1. The fourth-order valence-electron chi connectivity index (χ4n) is 1.63. The van der Waals surface area contributed by atoms with Crippen molar-refractivity contribution in [2.24, 2.45) is 0 Å². The van der Waals surface area contributed by atoms with E-state index in [9.17, 15) is 4.79 Å². The van der Waals surface area contributed by atoms with Crippen LogP contribution in [0.1, 0.15) is 11.3 Å². The van der Waals surface area contributed by atoms with Gasteiger partial charge in [-0.25, -0.2) is 0 Å². The van der Waals surface area contributed by atoms with Crippen molar-refractivity contribution in [3.8, 4) is 0 Å². The number of hydrogen-bond acceptors (Lipinski definition) is 4. The molecule has 2 heterocycles. The predicted octanol–water partition coefficient (Wildman–Crippen LogP) is 2.10. The van der Waals surface area contributed by atoms with Crippen molar-refractivity contribution >= 4 is 17.0 Å². The zero-order valence-corrected chi connectivity index (χ0v) is 10.9. The third-order valence-corrected chi connectivity index (χ3v) is 3.37. The molecular formula is C13H16N2O2S. The molecule has 0 aliphatic heterocycles. The summed E-state index contributed by atoms with van der Waals surface area (Å²) in [6, 6.07) is 7.16. The van der Waals surface area contributed by atoms with Gasteiger partial charge in [-0.15, -0.1) is 11.3 Å². The number of pyridine rings is 1. The Morgan fingerprint density at radius 1 is 1.33 bits per heavy atom. The van der Waals surface area contributed by atoms with Crippen molar-refractivity contribution in [2.75, 3.05) is 12.3 Å². The van der Waals surface area contributed by atoms with Gasteiger partial charge in [0.25, 0.3) is 5.56 Å². The van der Waals surface area contributed by atoms with E-state index in [1.807, 2.05) is 17.5 Å². The van der Waals surface area contributed by atoms with Crippen LogP contribution >= 0.6 is 11.3 Å². The number of hydrogen-bond donors (Lipinski definition) is 1. The Morgan fingerprint density at radius 2 is 2.22 bits per heavy atom. The number of aryl methyl sites for hydroxylation is 1. The molecule has 0 aliphatic carbocycles. The topological polar surface area (TPSA) is 57.2 Å². The fourth-order valence-corrected chi connectivity index (χ4v) is 2.27. The normalized spacial score (nSPS) is 10.7. The van der Waals surface area contributed by atoms with Gasteiger partial charge < -0.3 is 15.0 Å². The molecule has 2 aromatic heterocycles. The smallest absolute Gasteiger partial charge is 0.250 e. The summed E-state index contributed by atoms with van der Waals surface area (Å²) >= 11 is 1.69. The van der Waals surface area contributed by atoms with E-state index in [-0.39, 0.29) is 5.56 Å². The number of nitrogen functional groups attached to an aromatic ring is 1. The molecule has 5 heteroatoms. The van der Waals surface area contributed by atoms with Gasteiger partial charge in [0, 0.05) is 36.0 Å². The van der Waals surface area contributed by atoms with E-state index in [4.69, 9.17) is 10.5 Å². The predicted molar refractivity (Wildman–Crippen MR) is 73.7 cm³/mol. The van der Waals surface area contributed by atoms with E-state index in [0.29, 0.717) is 25.4 Å². The molecule has 0 saturated carbocycles. The van der Waals surface area contributed by atoms with E-state index < -0.39 is 0 Å². The Kier molecular flexibility index (Phi) is 4.55. The minimum absolute atomic E-state index is 0.0255. The van der Waals surface area contributed by atoms with Crippen LogP contribution in [0.25, 0.3) is 0 Å². The summed E-state index contributed by atoms with van der Waals surface area (Å²) < 4.78 is 7.15. The number of aromatic nitrogens is 1. The zero-order chi connectivity index (χ0) is 12.8. The first kappa shape index (κ1) is 12.9. The van der Waals surface area contributed by atoms with E-state index in [1.54, 1.807) is 28.2 Å². The highest BCUT2D eigenvalue weighted by Gasteiger charge is 1.97. The Labute approximate surface area is 110 Å². The van der Waals surface area contributed by atoms with Crippen molar-refractivity contribution in [1.29, 1.82) is 0 Å². The van der Waals surface area contributed by atoms with Crippen molar-refractivity contribution in [2.45, 2.75) is 19.6 Å². The summed E-state index contributed by atoms with van der Waals surface area (Å²) in [5, 5.41) is 2.03. The van der Waals surface area contributed by atoms with Gasteiger partial charge in [-0.3, -0.25) is 4.79 Å². The Hall–Kier alpha value is -1.59. The van der Waals surface area contributed by atoms with Crippen LogP contribution in [0.5, 0.6) is 0 Å². The molecule has 2 aromatic rings. The van der Waals surface area contributed by atoms with Gasteiger partial charge in [-0.05, 0) is 23.9 Å². The average Bonchev–Trinajstić information content (AvgIpc) is 2.86. The molecule has 0 amide bonds. The lowest BCUT2D eigenvalue weighted by molar-refractivity contribution is 0.117. The molecule has 2 rings (SSSR count). The number of anilines is 1. The molecule has 0 fully saturated rings. The van der Waals surface area contributed by atoms with Gasteiger partial charge in [-0.1, -0.05) is 6.07 Å². The summed E-state index contributed by atoms with van der Waals surface area (Å²) in [5.74, 6) is 0. The van der Waals surface area contributed by atoms with Crippen molar-refractivity contribution in [3.63, 3.8) is 0 Å². The van der Waals surface area contributed by atoms with Gasteiger partial charge >= 0.3 is 0 Å². The van der Waals surface area contributed by atoms with Gasteiger partial charge in [0.15, 0.2) is 0 Å². The SMILES string of the molecule is Nc1ccc(=O)n(CCCOCc2cccs2)c1. The van der Waals surface area contributed by atoms with Crippen LogP contribution in [-0.2, 0) is 17.9 Å². The van der Waals surface area contributed by atoms with Crippen LogP contribution < -0.4 is 11.3 Å². The molecule has 0 bridgehead atoms. The molecule has 0 radical (unpaired) electrons. The van der Waals surface area contributed by atoms with Gasteiger partial charge in [0.05, 0.1) is 6.61 Å². The van der Waals surface area contributed by atoms with Crippen LogP contribution in [0.4, 0.5) is 5.69 Å². The second-order valence-electron chi connectivity index (χ2n) is 3.98. The van der Waals surface area contributed by atoms with Crippen LogP contribution in [-0.4, -0.2) is 11.2 Å². The van der Waals surface area contributed by atoms with Crippen LogP contribution in [0.2, 0.25) is 0 Å². The molecule has 0 aliphatic rings. The highest BCUT2D eigenvalue weighted by molar-refractivity contribution is 7.09. The van der Waals surface area contributed by atoms with E-state index in [2.05, 4.69) is 0 Å². The number of nitrogens with two attached hydrogens (primary N) is 1. The molecule has 0 aromatic carbocycles. The van der Waals surface area contributed by atoms with Gasteiger partial charge in [-0.2, -0.15) is 0 Å². The molecule has 18 heavy (non-hydrogen) atoms. The molecule has 96 valence electrons. The second-order valence-corrected chi connectivity index (χ2v) is 5.01. The first-order valence-electron chi connectivity index (χ1n) is 5.82. The highest BCUT2D eigenvalue weighted by atomic mass is 32.1. The summed E-state index contributed by atoms with van der Waals surface area (Å²) in [7, 11) is 0. The zero-order valence-electron chi connectivity index (χ0n) is 10.0. The maximum Gasteiger partial charge on any atom is 0.250 e. The highest BCUT2D eigenvalue weighted by Crippen LogP contribution is 2.09. The van der Waals surface area contributed by atoms with Crippen LogP contribution in [0, 0.1) is 0 Å². The molecule has 0 saturated heterocycles. The summed E-state index contributed by atoms with van der Waals surface area (Å²) in [6.45, 7) is 1.91. The average molecular weight is 264 g/mol. The first-order chi connectivity index (χ1) is 8.75. The lowest BCUT2D eigenvalue weighted by atomic mass is 10.4. The van der Waals surface area contributed by atoms with Crippen molar-refractivity contribution < 1.29 is 4.74 Å². The Bertz CT molecular complexity index is 534. The van der Waals surface area contributed by atoms with Crippen LogP contribution in [0.3, 0.4) is 0 Å². The van der Waals surface area contributed by atoms with Crippen molar-refractivity contribution in [3.05, 3.63) is 51.1 Å². The Morgan fingerprint density at radius 3 is 3.00 bits per heavy atom. The lowest BCUT2D eigenvalue weighted by Crippen LogP contribution is -2.19. The maximum atomic E-state index is 11.5. The number of rotatable bonds is 6. The monoisotopic (exact) mass is 264 g/mol. The Balaban J connectivity index is 1.72. The fraction of sp³-hybridized carbons (Fsp3) is 0.308. The molecular weight excluding hydrogens is 248 g/mol. The maximum absolute atomic E-state index is 11.5. The van der Waals surface area contributed by atoms with Gasteiger partial charge in [0.2, 0.25) is 0 Å². The standard InChI is InChI=1S/C13H16N2O2S/c14-11-4-5-13(16)15(9-11)6-2-7-17-10-12-3-1-8-18-12/h1,3-5,8-9H,2,6-7,10,14H2. The van der Waals surface area contributed by atoms with Crippen molar-refractivity contribution in [1.82, 2.24) is 4.57 Å². The second kappa shape index (κ2) is 6.37. The molecule has 4 nitrogen and oxygen atoms in total. The number of thiophene rings is 1. The number of nitrogens with zero attached hydrogens (tertiary/aromatic N) is 1. The first-order valence-corrected chi connectivity index (χ1v) is 6.70. The summed E-state index contributed by atoms with van der Waals surface area (Å²) in [5.41, 5.74) is 6.21. The minimum Gasteiger partial charge on any atom is -0.398 e. The van der Waals surface area contributed by atoms with Gasteiger partial charge in [0.1, 0.15) is 0 Å². The molecule has 0 unspecified atom stereocenters. The van der Waals surface area contributed by atoms with E-state index in [0.717, 1.165) is 6.42 Å². The van der Waals surface area contributed by atoms with E-state index >= 15 is 0 Å². The quantitative estimate of drug-likeness (QED) is 0.813. The molecule has 0 spiro atoms. The molecule has 2 N–H and O–H groups in total. The summed E-state index contributed by atoms with van der Waals surface area (Å²) in [6.07, 6.45) is 2.47. The minimum atomic E-state index is -0.0255. The molecule has 0 atom stereocenters. The summed E-state index contributed by atoms with van der Waals surface area (Å²) in [4.78, 5) is 12.7. The third kappa shape index (κ3) is 3.72. The lowest BCUT2D eigenvalue weighted by Gasteiger charge is -2.06.